The van der Waals surface area contributed by atoms with Crippen LogP contribution in [0, 0.1) is 6.92 Å². The maximum atomic E-state index is 11.2. The zero-order valence-corrected chi connectivity index (χ0v) is 7.70. The molecule has 0 saturated heterocycles. The molecule has 1 aromatic heterocycles. The summed E-state index contributed by atoms with van der Waals surface area (Å²) >= 11 is 0. The van der Waals surface area contributed by atoms with E-state index >= 15 is 0 Å². The van der Waals surface area contributed by atoms with Crippen molar-refractivity contribution in [2.45, 2.75) is 13.8 Å². The fourth-order valence-electron chi connectivity index (χ4n) is 0.911. The molecule has 0 atom stereocenters. The largest absolute Gasteiger partial charge is 0.462 e. The van der Waals surface area contributed by atoms with Gasteiger partial charge in [-0.05, 0) is 25.5 Å². The first-order valence-electron chi connectivity index (χ1n) is 4.04. The summed E-state index contributed by atoms with van der Waals surface area (Å²) in [6, 6.07) is 1.67. The first kappa shape index (κ1) is 9.51. The van der Waals surface area contributed by atoms with Crippen LogP contribution in [0.2, 0.25) is 0 Å². The van der Waals surface area contributed by atoms with Crippen LogP contribution in [0.25, 0.3) is 0 Å². The number of aryl methyl sites for hydroxylation is 1. The van der Waals surface area contributed by atoms with Crippen molar-refractivity contribution in [1.29, 1.82) is 0 Å². The van der Waals surface area contributed by atoms with Crippen LogP contribution in [0.4, 0.5) is 5.82 Å². The van der Waals surface area contributed by atoms with Crippen molar-refractivity contribution >= 4 is 11.8 Å². The minimum atomic E-state index is -0.363. The van der Waals surface area contributed by atoms with Gasteiger partial charge in [-0.3, -0.25) is 0 Å². The summed E-state index contributed by atoms with van der Waals surface area (Å²) in [5, 5.41) is 0. The zero-order valence-electron chi connectivity index (χ0n) is 7.70. The lowest BCUT2D eigenvalue weighted by molar-refractivity contribution is 0.0526. The molecular formula is C9H12N2O2. The van der Waals surface area contributed by atoms with Crippen LogP contribution in [0.1, 0.15) is 22.8 Å². The van der Waals surface area contributed by atoms with Gasteiger partial charge in [0, 0.05) is 6.20 Å². The monoisotopic (exact) mass is 180 g/mol. The molecule has 0 spiro atoms. The highest BCUT2D eigenvalue weighted by Crippen LogP contribution is 2.09. The lowest BCUT2D eigenvalue weighted by atomic mass is 10.2. The van der Waals surface area contributed by atoms with E-state index in [1.807, 2.05) is 0 Å². The molecule has 13 heavy (non-hydrogen) atoms. The molecule has 4 heteroatoms. The molecule has 0 aliphatic rings. The summed E-state index contributed by atoms with van der Waals surface area (Å²) in [6.07, 6.45) is 1.42. The lowest BCUT2D eigenvalue weighted by Crippen LogP contribution is -2.06. The normalized spacial score (nSPS) is 9.69. The van der Waals surface area contributed by atoms with E-state index in [4.69, 9.17) is 10.5 Å². The summed E-state index contributed by atoms with van der Waals surface area (Å²) in [5.74, 6) is 0.0751. The number of carbonyl (C=O) groups excluding carboxylic acids is 1. The van der Waals surface area contributed by atoms with Crippen LogP contribution in [0.15, 0.2) is 12.3 Å². The molecule has 0 amide bonds. The van der Waals surface area contributed by atoms with E-state index < -0.39 is 0 Å². The molecule has 0 aliphatic carbocycles. The average molecular weight is 180 g/mol. The van der Waals surface area contributed by atoms with Crippen LogP contribution < -0.4 is 5.73 Å². The third-order valence-corrected chi connectivity index (χ3v) is 1.63. The topological polar surface area (TPSA) is 65.2 Å². The van der Waals surface area contributed by atoms with Crippen molar-refractivity contribution in [3.63, 3.8) is 0 Å². The Morgan fingerprint density at radius 1 is 1.69 bits per heavy atom. The lowest BCUT2D eigenvalue weighted by Gasteiger charge is -2.03. The summed E-state index contributed by atoms with van der Waals surface area (Å²) in [4.78, 5) is 15.1. The van der Waals surface area contributed by atoms with E-state index in [0.717, 1.165) is 5.56 Å². The van der Waals surface area contributed by atoms with E-state index in [9.17, 15) is 4.79 Å². The number of anilines is 1. The van der Waals surface area contributed by atoms with Crippen molar-refractivity contribution in [3.8, 4) is 0 Å². The molecule has 70 valence electrons. The van der Waals surface area contributed by atoms with Crippen molar-refractivity contribution in [1.82, 2.24) is 4.98 Å². The first-order valence-corrected chi connectivity index (χ1v) is 4.04. The van der Waals surface area contributed by atoms with E-state index in [0.29, 0.717) is 18.0 Å². The quantitative estimate of drug-likeness (QED) is 0.693. The highest BCUT2D eigenvalue weighted by molar-refractivity contribution is 5.89. The molecule has 1 aromatic rings. The van der Waals surface area contributed by atoms with Crippen LogP contribution in [-0.4, -0.2) is 17.6 Å². The molecule has 2 N–H and O–H groups in total. The van der Waals surface area contributed by atoms with Crippen LogP contribution in [0.5, 0.6) is 0 Å². The summed E-state index contributed by atoms with van der Waals surface area (Å²) in [6.45, 7) is 3.92. The van der Waals surface area contributed by atoms with Crippen molar-refractivity contribution < 1.29 is 9.53 Å². The molecule has 0 fully saturated rings. The molecule has 0 bridgehead atoms. The second-order valence-corrected chi connectivity index (χ2v) is 2.65. The van der Waals surface area contributed by atoms with E-state index in [-0.39, 0.29) is 5.97 Å². The molecule has 0 radical (unpaired) electrons. The SMILES string of the molecule is CCOC(=O)c1cnc(N)c(C)c1. The van der Waals surface area contributed by atoms with E-state index in [1.165, 1.54) is 6.20 Å². The molecule has 1 heterocycles. The first-order chi connectivity index (χ1) is 6.15. The predicted octanol–water partition coefficient (Wildman–Crippen LogP) is 1.15. The van der Waals surface area contributed by atoms with Gasteiger partial charge in [0.15, 0.2) is 0 Å². The van der Waals surface area contributed by atoms with Crippen LogP contribution in [-0.2, 0) is 4.74 Å². The number of aromatic nitrogens is 1. The van der Waals surface area contributed by atoms with Gasteiger partial charge >= 0.3 is 5.97 Å². The van der Waals surface area contributed by atoms with Crippen LogP contribution in [0.3, 0.4) is 0 Å². The average Bonchev–Trinajstić information content (AvgIpc) is 2.10. The number of nitrogens with two attached hydrogens (primary N) is 1. The summed E-state index contributed by atoms with van der Waals surface area (Å²) < 4.78 is 4.80. The number of ether oxygens (including phenoxy) is 1. The number of rotatable bonds is 2. The van der Waals surface area contributed by atoms with Crippen molar-refractivity contribution in [2.24, 2.45) is 0 Å². The van der Waals surface area contributed by atoms with E-state index in [2.05, 4.69) is 4.98 Å². The number of carbonyl (C=O) groups is 1. The molecule has 0 unspecified atom stereocenters. The second kappa shape index (κ2) is 3.89. The molecule has 0 saturated carbocycles. The van der Waals surface area contributed by atoms with Crippen molar-refractivity contribution in [3.05, 3.63) is 23.4 Å². The van der Waals surface area contributed by atoms with Gasteiger partial charge in [0.1, 0.15) is 5.82 Å². The molecule has 0 aromatic carbocycles. The number of hydrogen-bond donors (Lipinski definition) is 1. The summed E-state index contributed by atoms with van der Waals surface area (Å²) in [7, 11) is 0. The molecule has 1 rings (SSSR count). The second-order valence-electron chi connectivity index (χ2n) is 2.65. The Morgan fingerprint density at radius 2 is 2.38 bits per heavy atom. The number of nitrogens with zero attached hydrogens (tertiary/aromatic N) is 1. The Hall–Kier alpha value is -1.58. The maximum absolute atomic E-state index is 11.2. The minimum Gasteiger partial charge on any atom is -0.462 e. The zero-order chi connectivity index (χ0) is 9.84. The van der Waals surface area contributed by atoms with Gasteiger partial charge < -0.3 is 10.5 Å². The fourth-order valence-corrected chi connectivity index (χ4v) is 0.911. The number of nitrogen functional groups attached to an aromatic ring is 1. The van der Waals surface area contributed by atoms with Gasteiger partial charge in [0.05, 0.1) is 12.2 Å². The Kier molecular flexibility index (Phi) is 2.84. The van der Waals surface area contributed by atoms with Gasteiger partial charge in [-0.25, -0.2) is 9.78 Å². The maximum Gasteiger partial charge on any atom is 0.339 e. The number of esters is 1. The summed E-state index contributed by atoms with van der Waals surface area (Å²) in [5.41, 5.74) is 6.72. The number of pyridine rings is 1. The third kappa shape index (κ3) is 2.18. The molecule has 0 aliphatic heterocycles. The Labute approximate surface area is 76.7 Å². The fraction of sp³-hybridized carbons (Fsp3) is 0.333. The van der Waals surface area contributed by atoms with E-state index in [1.54, 1.807) is 19.9 Å². The highest BCUT2D eigenvalue weighted by Gasteiger charge is 2.07. The van der Waals surface area contributed by atoms with Gasteiger partial charge in [0.2, 0.25) is 0 Å². The Morgan fingerprint density at radius 3 is 2.92 bits per heavy atom. The van der Waals surface area contributed by atoms with Gasteiger partial charge in [-0.15, -0.1) is 0 Å². The molecular weight excluding hydrogens is 168 g/mol. The smallest absolute Gasteiger partial charge is 0.339 e. The number of hydrogen-bond acceptors (Lipinski definition) is 4. The van der Waals surface area contributed by atoms with Gasteiger partial charge in [0.25, 0.3) is 0 Å². The standard InChI is InChI=1S/C9H12N2O2/c1-3-13-9(12)7-4-6(2)8(10)11-5-7/h4-5H,3H2,1-2H3,(H2,10,11). The van der Waals surface area contributed by atoms with Crippen LogP contribution >= 0.6 is 0 Å². The predicted molar refractivity (Wildman–Crippen MR) is 49.3 cm³/mol. The van der Waals surface area contributed by atoms with Gasteiger partial charge in [-0.2, -0.15) is 0 Å². The highest BCUT2D eigenvalue weighted by atomic mass is 16.5. The third-order valence-electron chi connectivity index (χ3n) is 1.63. The minimum absolute atomic E-state index is 0.363. The molecule has 4 nitrogen and oxygen atoms in total. The van der Waals surface area contributed by atoms with Gasteiger partial charge in [-0.1, -0.05) is 0 Å². The Balaban J connectivity index is 2.90. The Bertz CT molecular complexity index is 323. The van der Waals surface area contributed by atoms with Crippen molar-refractivity contribution in [2.75, 3.05) is 12.3 Å².